The van der Waals surface area contributed by atoms with E-state index in [0.29, 0.717) is 17.3 Å². The van der Waals surface area contributed by atoms with E-state index in [-0.39, 0.29) is 5.91 Å². The number of carbonyl (C=O) groups is 1. The summed E-state index contributed by atoms with van der Waals surface area (Å²) >= 11 is 0. The maximum Gasteiger partial charge on any atom is 0.253 e. The van der Waals surface area contributed by atoms with Gasteiger partial charge < -0.3 is 4.90 Å². The molecular weight excluding hydrogens is 288 g/mol. The minimum absolute atomic E-state index is 0.00379. The van der Waals surface area contributed by atoms with Crippen molar-refractivity contribution in [3.8, 4) is 0 Å². The van der Waals surface area contributed by atoms with Crippen molar-refractivity contribution in [3.63, 3.8) is 0 Å². The number of benzene rings is 1. The van der Waals surface area contributed by atoms with Crippen molar-refractivity contribution in [1.82, 2.24) is 4.90 Å². The van der Waals surface area contributed by atoms with Crippen molar-refractivity contribution in [1.29, 1.82) is 0 Å². The summed E-state index contributed by atoms with van der Waals surface area (Å²) in [4.78, 5) is 14.3. The molecule has 0 saturated heterocycles. The van der Waals surface area contributed by atoms with E-state index in [9.17, 15) is 13.2 Å². The summed E-state index contributed by atoms with van der Waals surface area (Å²) in [7, 11) is -1.46. The van der Waals surface area contributed by atoms with Gasteiger partial charge in [-0.05, 0) is 43.5 Å². The molecule has 1 aromatic rings. The molecule has 2 rings (SSSR count). The highest BCUT2D eigenvalue weighted by Crippen LogP contribution is 2.25. The Kier molecular flexibility index (Phi) is 4.56. The molecule has 0 bridgehead atoms. The van der Waals surface area contributed by atoms with Crippen LogP contribution >= 0.6 is 0 Å². The van der Waals surface area contributed by atoms with E-state index >= 15 is 0 Å². The first-order chi connectivity index (χ1) is 9.78. The van der Waals surface area contributed by atoms with Gasteiger partial charge in [-0.1, -0.05) is 12.8 Å². The molecule has 1 amide bonds. The van der Waals surface area contributed by atoms with Gasteiger partial charge in [0.1, 0.15) is 0 Å². The molecule has 0 unspecified atom stereocenters. The summed E-state index contributed by atoms with van der Waals surface area (Å²) in [5.41, 5.74) is 1.85. The van der Waals surface area contributed by atoms with Crippen LogP contribution in [0, 0.1) is 6.92 Å². The second-order valence-electron chi connectivity index (χ2n) is 5.76. The third-order valence-corrected chi connectivity index (χ3v) is 4.55. The SMILES string of the molecule is Cc1cc(C(=O)N(C)C2CCCC2)ccc1NS(C)(=O)=O. The number of aryl methyl sites for hydroxylation is 1. The minimum Gasteiger partial charge on any atom is -0.339 e. The molecule has 0 spiro atoms. The molecular formula is C15H22N2O3S. The normalized spacial score (nSPS) is 16.0. The van der Waals surface area contributed by atoms with Crippen LogP contribution in [-0.2, 0) is 10.0 Å². The number of amides is 1. The first-order valence-corrected chi connectivity index (χ1v) is 9.02. The second kappa shape index (κ2) is 6.05. The van der Waals surface area contributed by atoms with Crippen LogP contribution in [0.5, 0.6) is 0 Å². The standard InChI is InChI=1S/C15H22N2O3S/c1-11-10-12(8-9-14(11)16-21(3,19)20)15(18)17(2)13-6-4-5-7-13/h8-10,13,16H,4-7H2,1-3H3. The van der Waals surface area contributed by atoms with Crippen molar-refractivity contribution in [2.75, 3.05) is 18.0 Å². The summed E-state index contributed by atoms with van der Waals surface area (Å²) in [5.74, 6) is -0.00379. The number of hydrogen-bond acceptors (Lipinski definition) is 3. The third kappa shape index (κ3) is 3.97. The zero-order valence-electron chi connectivity index (χ0n) is 12.7. The molecule has 0 aliphatic heterocycles. The first kappa shape index (κ1) is 15.8. The van der Waals surface area contributed by atoms with E-state index < -0.39 is 10.0 Å². The fourth-order valence-electron chi connectivity index (χ4n) is 2.77. The third-order valence-electron chi connectivity index (χ3n) is 3.96. The Balaban J connectivity index is 2.17. The molecule has 0 radical (unpaired) electrons. The molecule has 5 nitrogen and oxygen atoms in total. The highest BCUT2D eigenvalue weighted by Gasteiger charge is 2.24. The predicted molar refractivity (Wildman–Crippen MR) is 84.0 cm³/mol. The van der Waals surface area contributed by atoms with Crippen LogP contribution in [0.25, 0.3) is 0 Å². The smallest absolute Gasteiger partial charge is 0.253 e. The van der Waals surface area contributed by atoms with Crippen molar-refractivity contribution in [3.05, 3.63) is 29.3 Å². The van der Waals surface area contributed by atoms with Crippen LogP contribution in [0.4, 0.5) is 5.69 Å². The summed E-state index contributed by atoms with van der Waals surface area (Å²) in [6.45, 7) is 1.79. The highest BCUT2D eigenvalue weighted by molar-refractivity contribution is 7.92. The topological polar surface area (TPSA) is 66.5 Å². The molecule has 0 aromatic heterocycles. The van der Waals surface area contributed by atoms with E-state index in [1.807, 2.05) is 11.9 Å². The van der Waals surface area contributed by atoms with Crippen LogP contribution < -0.4 is 4.72 Å². The van der Waals surface area contributed by atoms with E-state index in [2.05, 4.69) is 4.72 Å². The number of sulfonamides is 1. The summed E-state index contributed by atoms with van der Waals surface area (Å²) < 4.78 is 25.0. The average Bonchev–Trinajstić information content (AvgIpc) is 2.92. The molecule has 1 aliphatic rings. The fraction of sp³-hybridized carbons (Fsp3) is 0.533. The first-order valence-electron chi connectivity index (χ1n) is 7.13. The Labute approximate surface area is 126 Å². The van der Waals surface area contributed by atoms with Gasteiger partial charge in [0, 0.05) is 18.7 Å². The molecule has 6 heteroatoms. The van der Waals surface area contributed by atoms with Gasteiger partial charge in [0.15, 0.2) is 0 Å². The molecule has 1 N–H and O–H groups in total. The lowest BCUT2D eigenvalue weighted by Gasteiger charge is -2.24. The summed E-state index contributed by atoms with van der Waals surface area (Å²) in [6, 6.07) is 5.38. The van der Waals surface area contributed by atoms with Crippen LogP contribution in [0.15, 0.2) is 18.2 Å². The quantitative estimate of drug-likeness (QED) is 0.928. The molecule has 1 fully saturated rings. The molecule has 116 valence electrons. The Morgan fingerprint density at radius 3 is 2.43 bits per heavy atom. The molecule has 21 heavy (non-hydrogen) atoms. The van der Waals surface area contributed by atoms with Crippen molar-refractivity contribution in [2.24, 2.45) is 0 Å². The van der Waals surface area contributed by atoms with Gasteiger partial charge in [-0.2, -0.15) is 0 Å². The lowest BCUT2D eigenvalue weighted by molar-refractivity contribution is 0.0735. The van der Waals surface area contributed by atoms with Gasteiger partial charge in [0.2, 0.25) is 10.0 Å². The van der Waals surface area contributed by atoms with E-state index in [1.165, 1.54) is 12.8 Å². The number of nitrogens with one attached hydrogen (secondary N) is 1. The number of hydrogen-bond donors (Lipinski definition) is 1. The van der Waals surface area contributed by atoms with Crippen LogP contribution in [0.2, 0.25) is 0 Å². The predicted octanol–water partition coefficient (Wildman–Crippen LogP) is 2.38. The number of carbonyl (C=O) groups excluding carboxylic acids is 1. The minimum atomic E-state index is -3.31. The van der Waals surface area contributed by atoms with Gasteiger partial charge in [0.05, 0.1) is 11.9 Å². The number of nitrogens with zero attached hydrogens (tertiary/aromatic N) is 1. The van der Waals surface area contributed by atoms with E-state index in [4.69, 9.17) is 0 Å². The zero-order chi connectivity index (χ0) is 15.6. The van der Waals surface area contributed by atoms with Crippen LogP contribution in [0.3, 0.4) is 0 Å². The van der Waals surface area contributed by atoms with Gasteiger partial charge >= 0.3 is 0 Å². The highest BCUT2D eigenvalue weighted by atomic mass is 32.2. The van der Waals surface area contributed by atoms with Gasteiger partial charge in [-0.3, -0.25) is 9.52 Å². The lowest BCUT2D eigenvalue weighted by Crippen LogP contribution is -2.35. The van der Waals surface area contributed by atoms with Gasteiger partial charge in [0.25, 0.3) is 5.91 Å². The maximum absolute atomic E-state index is 12.5. The van der Waals surface area contributed by atoms with Crippen molar-refractivity contribution >= 4 is 21.6 Å². The molecule has 0 atom stereocenters. The summed E-state index contributed by atoms with van der Waals surface area (Å²) in [6.07, 6.45) is 5.60. The van der Waals surface area contributed by atoms with Crippen LogP contribution in [-0.4, -0.2) is 38.6 Å². The molecule has 1 aromatic carbocycles. The Bertz CT molecular complexity index is 634. The fourth-order valence-corrected chi connectivity index (χ4v) is 3.40. The van der Waals surface area contributed by atoms with E-state index in [1.54, 1.807) is 25.1 Å². The van der Waals surface area contributed by atoms with Gasteiger partial charge in [-0.25, -0.2) is 8.42 Å². The Hall–Kier alpha value is -1.56. The number of rotatable bonds is 4. The maximum atomic E-state index is 12.5. The Morgan fingerprint density at radius 2 is 1.90 bits per heavy atom. The van der Waals surface area contributed by atoms with Gasteiger partial charge in [-0.15, -0.1) is 0 Å². The largest absolute Gasteiger partial charge is 0.339 e. The van der Waals surface area contributed by atoms with Crippen molar-refractivity contribution < 1.29 is 13.2 Å². The Morgan fingerprint density at radius 1 is 1.29 bits per heavy atom. The average molecular weight is 310 g/mol. The summed E-state index contributed by atoms with van der Waals surface area (Å²) in [5, 5.41) is 0. The zero-order valence-corrected chi connectivity index (χ0v) is 13.5. The monoisotopic (exact) mass is 310 g/mol. The molecule has 0 heterocycles. The molecule has 1 saturated carbocycles. The lowest BCUT2D eigenvalue weighted by atomic mass is 10.1. The number of anilines is 1. The van der Waals surface area contributed by atoms with Crippen LogP contribution in [0.1, 0.15) is 41.6 Å². The molecule has 1 aliphatic carbocycles. The van der Waals surface area contributed by atoms with Crippen molar-refractivity contribution in [2.45, 2.75) is 38.6 Å². The van der Waals surface area contributed by atoms with E-state index in [0.717, 1.165) is 24.7 Å². The second-order valence-corrected chi connectivity index (χ2v) is 7.51.